The molecular weight excluding hydrogens is 255 g/mol. The van der Waals surface area contributed by atoms with Gasteiger partial charge in [0.25, 0.3) is 0 Å². The van der Waals surface area contributed by atoms with Gasteiger partial charge in [0.15, 0.2) is 0 Å². The molecule has 2 nitrogen and oxygen atoms in total. The first-order chi connectivity index (χ1) is 8.54. The average Bonchev–Trinajstić information content (AvgIpc) is 2.81. The third kappa shape index (κ3) is 2.10. The molecule has 1 aromatic rings. The second kappa shape index (κ2) is 5.07. The summed E-state index contributed by atoms with van der Waals surface area (Å²) in [4.78, 5) is 0. The van der Waals surface area contributed by atoms with Crippen LogP contribution in [0.2, 0.25) is 0 Å². The summed E-state index contributed by atoms with van der Waals surface area (Å²) >= 11 is 0. The van der Waals surface area contributed by atoms with Gasteiger partial charge in [-0.05, 0) is 30.1 Å². The molecular formula is C16H25O2P. The van der Waals surface area contributed by atoms with Gasteiger partial charge in [-0.3, -0.25) is 0 Å². The van der Waals surface area contributed by atoms with E-state index in [1.54, 1.807) is 0 Å². The largest absolute Gasteiger partial charge is 0.412 e. The van der Waals surface area contributed by atoms with Gasteiger partial charge in [-0.1, -0.05) is 51.1 Å². The zero-order valence-corrected chi connectivity index (χ0v) is 12.9. The summed E-state index contributed by atoms with van der Waals surface area (Å²) in [6, 6.07) is 10.2. The van der Waals surface area contributed by atoms with Crippen molar-refractivity contribution >= 4 is 12.4 Å². The van der Waals surface area contributed by atoms with Gasteiger partial charge in [0, 0.05) is 17.1 Å². The van der Waals surface area contributed by atoms with Crippen LogP contribution >= 0.6 is 7.14 Å². The van der Waals surface area contributed by atoms with Crippen LogP contribution in [0.15, 0.2) is 30.3 Å². The fraction of sp³-hybridized carbons (Fsp3) is 0.625. The molecule has 1 heterocycles. The Kier molecular flexibility index (Phi) is 3.95. The Morgan fingerprint density at radius 2 is 1.84 bits per heavy atom. The highest BCUT2D eigenvalue weighted by Crippen LogP contribution is 2.69. The van der Waals surface area contributed by atoms with Gasteiger partial charge in [0.1, 0.15) is 7.14 Å². The van der Waals surface area contributed by atoms with Gasteiger partial charge >= 0.3 is 0 Å². The topological polar surface area (TPSA) is 48.6 Å². The van der Waals surface area contributed by atoms with E-state index in [0.717, 1.165) is 23.3 Å². The van der Waals surface area contributed by atoms with Crippen LogP contribution in [0.4, 0.5) is 0 Å². The standard InChI is InChI=1S/C16H23OP.H2O/c1-11(2)14-9-16-12(3)15(14)10-18(16,17)13-7-5-4-6-8-13;/h4-8,11-12,14-16H,9-10H2,1-3H3;1H2/t12-,14-,15-,16-,18-;/m1./s1. The van der Waals surface area contributed by atoms with Gasteiger partial charge < -0.3 is 10.0 Å². The van der Waals surface area contributed by atoms with Crippen LogP contribution in [0.1, 0.15) is 27.2 Å². The molecule has 0 amide bonds. The lowest BCUT2D eigenvalue weighted by atomic mass is 9.84. The second-order valence-electron chi connectivity index (χ2n) is 6.55. The van der Waals surface area contributed by atoms with Crippen LogP contribution in [-0.4, -0.2) is 17.3 Å². The van der Waals surface area contributed by atoms with Crippen LogP contribution in [-0.2, 0) is 4.57 Å². The predicted octanol–water partition coefficient (Wildman–Crippen LogP) is 3.16. The Hall–Kier alpha value is -0.590. The summed E-state index contributed by atoms with van der Waals surface area (Å²) in [5, 5.41) is 1.13. The minimum atomic E-state index is -2.12. The van der Waals surface area contributed by atoms with Crippen LogP contribution in [0.5, 0.6) is 0 Å². The molecule has 3 heteroatoms. The van der Waals surface area contributed by atoms with Crippen molar-refractivity contribution in [3.8, 4) is 0 Å². The Morgan fingerprint density at radius 3 is 2.32 bits per heavy atom. The second-order valence-corrected chi connectivity index (χ2v) is 9.68. The Bertz CT molecular complexity index is 483. The molecule has 1 saturated carbocycles. The molecule has 1 saturated heterocycles. The molecule has 0 radical (unpaired) electrons. The summed E-state index contributed by atoms with van der Waals surface area (Å²) < 4.78 is 13.4. The highest BCUT2D eigenvalue weighted by molar-refractivity contribution is 7.72. The smallest absolute Gasteiger partial charge is 0.119 e. The Morgan fingerprint density at radius 1 is 1.21 bits per heavy atom. The van der Waals surface area contributed by atoms with Crippen molar-refractivity contribution in [3.05, 3.63) is 30.3 Å². The monoisotopic (exact) mass is 280 g/mol. The normalized spacial score (nSPS) is 40.4. The van der Waals surface area contributed by atoms with E-state index in [2.05, 4.69) is 32.9 Å². The summed E-state index contributed by atoms with van der Waals surface area (Å²) in [6.07, 6.45) is 2.15. The van der Waals surface area contributed by atoms with Crippen LogP contribution in [0.25, 0.3) is 0 Å². The lowest BCUT2D eigenvalue weighted by Crippen LogP contribution is -2.24. The van der Waals surface area contributed by atoms with Gasteiger partial charge in [0.2, 0.25) is 0 Å². The predicted molar refractivity (Wildman–Crippen MR) is 81.6 cm³/mol. The third-order valence-electron chi connectivity index (χ3n) is 5.41. The number of hydrogen-bond donors (Lipinski definition) is 0. The Labute approximate surface area is 116 Å². The molecule has 0 unspecified atom stereocenters. The average molecular weight is 280 g/mol. The summed E-state index contributed by atoms with van der Waals surface area (Å²) in [7, 11) is -2.12. The molecule has 5 atom stereocenters. The maximum atomic E-state index is 13.4. The number of benzene rings is 1. The first-order valence-corrected chi connectivity index (χ1v) is 9.14. The fourth-order valence-corrected chi connectivity index (χ4v) is 8.72. The van der Waals surface area contributed by atoms with Crippen molar-refractivity contribution in [1.82, 2.24) is 0 Å². The lowest BCUT2D eigenvalue weighted by molar-refractivity contribution is 0.286. The van der Waals surface area contributed by atoms with Crippen molar-refractivity contribution in [3.63, 3.8) is 0 Å². The van der Waals surface area contributed by atoms with Gasteiger partial charge in [-0.25, -0.2) is 0 Å². The van der Waals surface area contributed by atoms with Gasteiger partial charge in [-0.15, -0.1) is 0 Å². The summed E-state index contributed by atoms with van der Waals surface area (Å²) in [5.41, 5.74) is 0.456. The van der Waals surface area contributed by atoms with Crippen LogP contribution in [0.3, 0.4) is 0 Å². The molecule has 0 spiro atoms. The van der Waals surface area contributed by atoms with Crippen molar-refractivity contribution in [1.29, 1.82) is 0 Å². The zero-order chi connectivity index (χ0) is 12.9. The molecule has 3 rings (SSSR count). The van der Waals surface area contributed by atoms with Crippen LogP contribution < -0.4 is 5.30 Å². The Balaban J connectivity index is 0.00000133. The maximum absolute atomic E-state index is 13.4. The SMILES string of the molecule is CC(C)[C@H]1C[C@@H]2[C@H](C)[C@H]1C[P@@]2(=O)c1ccccc1.O. The maximum Gasteiger partial charge on any atom is 0.119 e. The van der Waals surface area contributed by atoms with E-state index in [-0.39, 0.29) is 5.48 Å². The summed E-state index contributed by atoms with van der Waals surface area (Å²) in [6.45, 7) is 6.98. The molecule has 0 aromatic heterocycles. The van der Waals surface area contributed by atoms with E-state index in [4.69, 9.17) is 0 Å². The first kappa shape index (κ1) is 14.8. The van der Waals surface area contributed by atoms with Crippen molar-refractivity contribution in [2.24, 2.45) is 23.7 Å². The van der Waals surface area contributed by atoms with E-state index in [0.29, 0.717) is 17.5 Å². The lowest BCUT2D eigenvalue weighted by Gasteiger charge is -2.30. The van der Waals surface area contributed by atoms with Crippen molar-refractivity contribution in [2.75, 3.05) is 6.16 Å². The van der Waals surface area contributed by atoms with Gasteiger partial charge in [-0.2, -0.15) is 0 Å². The zero-order valence-electron chi connectivity index (χ0n) is 12.0. The van der Waals surface area contributed by atoms with Crippen molar-refractivity contribution in [2.45, 2.75) is 32.9 Å². The molecule has 1 aliphatic carbocycles. The molecule has 1 aromatic carbocycles. The molecule has 2 N–H and O–H groups in total. The highest BCUT2D eigenvalue weighted by Gasteiger charge is 2.57. The summed E-state index contributed by atoms with van der Waals surface area (Å²) in [5.74, 6) is 2.90. The van der Waals surface area contributed by atoms with E-state index < -0.39 is 7.14 Å². The number of rotatable bonds is 2. The van der Waals surface area contributed by atoms with Crippen LogP contribution in [0, 0.1) is 23.7 Å². The minimum absolute atomic E-state index is 0. The fourth-order valence-electron chi connectivity index (χ4n) is 4.39. The first-order valence-electron chi connectivity index (χ1n) is 7.18. The number of hydrogen-bond acceptors (Lipinski definition) is 1. The highest BCUT2D eigenvalue weighted by atomic mass is 31.2. The molecule has 2 aliphatic rings. The van der Waals surface area contributed by atoms with E-state index in [1.807, 2.05) is 18.2 Å². The number of fused-ring (bicyclic) bond motifs is 2. The molecule has 1 aliphatic heterocycles. The van der Waals surface area contributed by atoms with Crippen molar-refractivity contribution < 1.29 is 10.0 Å². The molecule has 2 fully saturated rings. The minimum Gasteiger partial charge on any atom is -0.412 e. The van der Waals surface area contributed by atoms with Gasteiger partial charge in [0.05, 0.1) is 0 Å². The molecule has 19 heavy (non-hydrogen) atoms. The third-order valence-corrected chi connectivity index (χ3v) is 9.30. The quantitative estimate of drug-likeness (QED) is 0.768. The molecule has 106 valence electrons. The van der Waals surface area contributed by atoms with E-state index >= 15 is 0 Å². The van der Waals surface area contributed by atoms with E-state index in [1.165, 1.54) is 6.42 Å². The van der Waals surface area contributed by atoms with E-state index in [9.17, 15) is 4.57 Å². The molecule has 2 bridgehead atoms.